The van der Waals surface area contributed by atoms with E-state index in [-0.39, 0.29) is 16.9 Å². The Morgan fingerprint density at radius 1 is 0.962 bits per heavy atom. The monoisotopic (exact) mass is 364 g/mol. The van der Waals surface area contributed by atoms with Crippen molar-refractivity contribution < 1.29 is 14.3 Å². The Balaban J connectivity index is 3.24. The highest BCUT2D eigenvalue weighted by atomic mass is 16.5. The van der Waals surface area contributed by atoms with Gasteiger partial charge in [0.1, 0.15) is 5.60 Å². The molecule has 0 aliphatic carbocycles. The highest BCUT2D eigenvalue weighted by Crippen LogP contribution is 2.40. The Morgan fingerprint density at radius 3 is 1.92 bits per heavy atom. The van der Waals surface area contributed by atoms with Crippen LogP contribution in [0.25, 0.3) is 0 Å². The van der Waals surface area contributed by atoms with Crippen LogP contribution in [-0.4, -0.2) is 29.7 Å². The molecule has 0 spiro atoms. The van der Waals surface area contributed by atoms with E-state index in [0.29, 0.717) is 11.5 Å². The van der Waals surface area contributed by atoms with Crippen LogP contribution in [0.3, 0.4) is 0 Å². The van der Waals surface area contributed by atoms with Crippen LogP contribution in [0.4, 0.5) is 0 Å². The van der Waals surface area contributed by atoms with Gasteiger partial charge in [-0.15, -0.1) is 0 Å². The number of nitrogens with one attached hydrogen (secondary N) is 1. The van der Waals surface area contributed by atoms with E-state index in [9.17, 15) is 4.79 Å². The SMILES string of the molecule is COc1cc(C(C)(C)C(C)(C)NC(=O)C(C)(C)N)ccc1OC(C)(C)C. The Hall–Kier alpha value is -1.75. The zero-order valence-electron chi connectivity index (χ0n) is 18.0. The molecule has 0 aromatic heterocycles. The zero-order valence-corrected chi connectivity index (χ0v) is 18.0. The predicted molar refractivity (Wildman–Crippen MR) is 107 cm³/mol. The van der Waals surface area contributed by atoms with E-state index in [2.05, 4.69) is 19.2 Å². The molecule has 0 unspecified atom stereocenters. The van der Waals surface area contributed by atoms with Gasteiger partial charge in [0.15, 0.2) is 11.5 Å². The third-order valence-corrected chi connectivity index (χ3v) is 4.88. The van der Waals surface area contributed by atoms with Crippen molar-refractivity contribution >= 4 is 5.91 Å². The van der Waals surface area contributed by atoms with E-state index in [1.165, 1.54) is 0 Å². The number of nitrogens with two attached hydrogens (primary N) is 1. The fourth-order valence-electron chi connectivity index (χ4n) is 2.43. The molecule has 148 valence electrons. The van der Waals surface area contributed by atoms with Gasteiger partial charge in [0.25, 0.3) is 0 Å². The van der Waals surface area contributed by atoms with Crippen LogP contribution in [0.2, 0.25) is 0 Å². The molecule has 5 nitrogen and oxygen atoms in total. The summed E-state index contributed by atoms with van der Waals surface area (Å²) in [6, 6.07) is 5.92. The maximum atomic E-state index is 12.4. The maximum Gasteiger partial charge on any atom is 0.239 e. The first kappa shape index (κ1) is 22.3. The average molecular weight is 365 g/mol. The predicted octanol–water partition coefficient (Wildman–Crippen LogP) is 3.78. The molecule has 1 rings (SSSR count). The summed E-state index contributed by atoms with van der Waals surface area (Å²) in [6.07, 6.45) is 0. The topological polar surface area (TPSA) is 73.6 Å². The Kier molecular flexibility index (Phi) is 6.09. The van der Waals surface area contributed by atoms with Gasteiger partial charge >= 0.3 is 0 Å². The minimum Gasteiger partial charge on any atom is -0.493 e. The Morgan fingerprint density at radius 2 is 1.50 bits per heavy atom. The molecule has 0 fully saturated rings. The second-order valence-corrected chi connectivity index (χ2v) is 9.51. The van der Waals surface area contributed by atoms with E-state index in [1.807, 2.05) is 52.8 Å². The molecule has 0 saturated heterocycles. The van der Waals surface area contributed by atoms with Crippen LogP contribution >= 0.6 is 0 Å². The molecule has 0 radical (unpaired) electrons. The first-order valence-corrected chi connectivity index (χ1v) is 9.00. The molecule has 5 heteroatoms. The number of hydrogen-bond acceptors (Lipinski definition) is 4. The number of methoxy groups -OCH3 is 1. The first-order chi connectivity index (χ1) is 11.5. The van der Waals surface area contributed by atoms with Crippen molar-refractivity contribution in [3.05, 3.63) is 23.8 Å². The molecule has 1 aromatic carbocycles. The lowest BCUT2D eigenvalue weighted by Crippen LogP contribution is -2.61. The lowest BCUT2D eigenvalue weighted by atomic mass is 9.69. The van der Waals surface area contributed by atoms with Crippen molar-refractivity contribution in [2.45, 2.75) is 84.4 Å². The lowest BCUT2D eigenvalue weighted by molar-refractivity contribution is -0.127. The number of hydrogen-bond donors (Lipinski definition) is 2. The molecule has 0 heterocycles. The Bertz CT molecular complexity index is 650. The molecule has 0 aliphatic rings. The van der Waals surface area contributed by atoms with Gasteiger partial charge in [0, 0.05) is 11.0 Å². The lowest BCUT2D eigenvalue weighted by Gasteiger charge is -2.44. The summed E-state index contributed by atoms with van der Waals surface area (Å²) in [4.78, 5) is 12.4. The van der Waals surface area contributed by atoms with Crippen LogP contribution in [0.1, 0.15) is 67.9 Å². The normalized spacial score (nSPS) is 13.3. The molecule has 0 aliphatic heterocycles. The average Bonchev–Trinajstić information content (AvgIpc) is 2.44. The van der Waals surface area contributed by atoms with Crippen molar-refractivity contribution in [2.24, 2.45) is 5.73 Å². The number of carbonyl (C=O) groups excluding carboxylic acids is 1. The molecule has 0 bridgehead atoms. The van der Waals surface area contributed by atoms with Gasteiger partial charge in [0.2, 0.25) is 5.91 Å². The number of ether oxygens (including phenoxy) is 2. The Labute approximate surface area is 158 Å². The van der Waals surface area contributed by atoms with Gasteiger partial charge in [-0.3, -0.25) is 4.79 Å². The van der Waals surface area contributed by atoms with Gasteiger partial charge in [-0.2, -0.15) is 0 Å². The van der Waals surface area contributed by atoms with Crippen molar-refractivity contribution in [2.75, 3.05) is 7.11 Å². The standard InChI is InChI=1S/C21H36N2O3/c1-18(2,3)26-15-12-11-14(13-16(15)25-10)19(4,5)21(8,9)23-17(24)20(6,7)22/h11-13H,22H2,1-10H3,(H,23,24). The fraction of sp³-hybridized carbons (Fsp3) is 0.667. The smallest absolute Gasteiger partial charge is 0.239 e. The molecule has 3 N–H and O–H groups in total. The summed E-state index contributed by atoms with van der Waals surface area (Å²) in [5.74, 6) is 1.19. The van der Waals surface area contributed by atoms with Crippen LogP contribution < -0.4 is 20.5 Å². The largest absolute Gasteiger partial charge is 0.493 e. The summed E-state index contributed by atoms with van der Waals surface area (Å²) in [5.41, 5.74) is 4.83. The van der Waals surface area contributed by atoms with Crippen molar-refractivity contribution in [3.63, 3.8) is 0 Å². The summed E-state index contributed by atoms with van der Waals surface area (Å²) in [5, 5.41) is 3.09. The van der Waals surface area contributed by atoms with E-state index in [0.717, 1.165) is 5.56 Å². The molecule has 26 heavy (non-hydrogen) atoms. The molecular formula is C21H36N2O3. The molecule has 0 atom stereocenters. The maximum absolute atomic E-state index is 12.4. The quantitative estimate of drug-likeness (QED) is 0.805. The van der Waals surface area contributed by atoms with E-state index >= 15 is 0 Å². The molecule has 1 aromatic rings. The van der Waals surface area contributed by atoms with Gasteiger partial charge in [0.05, 0.1) is 12.6 Å². The van der Waals surface area contributed by atoms with Gasteiger partial charge in [-0.25, -0.2) is 0 Å². The highest BCUT2D eigenvalue weighted by Gasteiger charge is 2.41. The van der Waals surface area contributed by atoms with Crippen molar-refractivity contribution in [3.8, 4) is 11.5 Å². The van der Waals surface area contributed by atoms with E-state index in [4.69, 9.17) is 15.2 Å². The minimum absolute atomic E-state index is 0.185. The third kappa shape index (κ3) is 5.13. The number of benzene rings is 1. The minimum atomic E-state index is -0.935. The molecule has 1 amide bonds. The second kappa shape index (κ2) is 7.10. The summed E-state index contributed by atoms with van der Waals surface area (Å²) in [7, 11) is 1.63. The summed E-state index contributed by atoms with van der Waals surface area (Å²) < 4.78 is 11.5. The van der Waals surface area contributed by atoms with Gasteiger partial charge in [-0.05, 0) is 66.2 Å². The van der Waals surface area contributed by atoms with E-state index in [1.54, 1.807) is 21.0 Å². The van der Waals surface area contributed by atoms with Crippen molar-refractivity contribution in [1.82, 2.24) is 5.32 Å². The molecular weight excluding hydrogens is 328 g/mol. The van der Waals surface area contributed by atoms with Crippen LogP contribution in [0, 0.1) is 0 Å². The van der Waals surface area contributed by atoms with Gasteiger partial charge in [-0.1, -0.05) is 19.9 Å². The summed E-state index contributed by atoms with van der Waals surface area (Å²) >= 11 is 0. The second-order valence-electron chi connectivity index (χ2n) is 9.51. The van der Waals surface area contributed by atoms with Crippen LogP contribution in [0.5, 0.6) is 11.5 Å². The highest BCUT2D eigenvalue weighted by molar-refractivity contribution is 5.85. The van der Waals surface area contributed by atoms with Crippen molar-refractivity contribution in [1.29, 1.82) is 0 Å². The first-order valence-electron chi connectivity index (χ1n) is 9.00. The molecule has 0 saturated carbocycles. The van der Waals surface area contributed by atoms with E-state index < -0.39 is 11.1 Å². The third-order valence-electron chi connectivity index (χ3n) is 4.88. The number of rotatable bonds is 6. The van der Waals surface area contributed by atoms with Crippen LogP contribution in [0.15, 0.2) is 18.2 Å². The number of carbonyl (C=O) groups is 1. The van der Waals surface area contributed by atoms with Gasteiger partial charge < -0.3 is 20.5 Å². The summed E-state index contributed by atoms with van der Waals surface area (Å²) in [6.45, 7) is 17.6. The zero-order chi connectivity index (χ0) is 20.6. The number of amides is 1. The fourth-order valence-corrected chi connectivity index (χ4v) is 2.43. The van der Waals surface area contributed by atoms with Crippen LogP contribution in [-0.2, 0) is 10.2 Å².